The summed E-state index contributed by atoms with van der Waals surface area (Å²) in [5, 5.41) is 23.7. The fourth-order valence-electron chi connectivity index (χ4n) is 7.78. The summed E-state index contributed by atoms with van der Waals surface area (Å²) < 4.78 is 11.8. The number of aromatic nitrogens is 2. The number of aliphatic carboxylic acids is 1. The number of carbonyl (C=O) groups excluding carboxylic acids is 4. The van der Waals surface area contributed by atoms with Crippen LogP contribution in [0.5, 0.6) is 17.2 Å². The number of ketones is 2. The van der Waals surface area contributed by atoms with Crippen molar-refractivity contribution in [3.8, 4) is 39.8 Å². The summed E-state index contributed by atoms with van der Waals surface area (Å²) in [4.78, 5) is 79.5. The fraction of sp³-hybridized carbons (Fsp3) is 0.426. The Balaban J connectivity index is 1.48. The maximum atomic E-state index is 14.6. The van der Waals surface area contributed by atoms with Gasteiger partial charge in [-0.25, -0.2) is 14.8 Å². The monoisotopic (exact) mass is 850 g/mol. The molecular weight excluding hydrogens is 793 g/mol. The molecule has 4 bridgehead atoms. The summed E-state index contributed by atoms with van der Waals surface area (Å²) >= 11 is 0. The minimum absolute atomic E-state index is 0.0662. The van der Waals surface area contributed by atoms with Crippen LogP contribution in [-0.4, -0.2) is 93.8 Å². The molecule has 0 radical (unpaired) electrons. The van der Waals surface area contributed by atoms with Crippen LogP contribution in [0.2, 0.25) is 0 Å². The first-order valence-electron chi connectivity index (χ1n) is 21.1. The van der Waals surface area contributed by atoms with Gasteiger partial charge in [-0.1, -0.05) is 38.8 Å². The summed E-state index contributed by atoms with van der Waals surface area (Å²) in [6, 6.07) is 14.3. The van der Waals surface area contributed by atoms with Gasteiger partial charge in [0, 0.05) is 61.4 Å². The molecular formula is C47H58N6O9. The zero-order valence-electron chi connectivity index (χ0n) is 36.1. The lowest BCUT2D eigenvalue weighted by Crippen LogP contribution is -2.45. The van der Waals surface area contributed by atoms with Crippen LogP contribution in [0.25, 0.3) is 22.5 Å². The molecule has 3 aromatic carbocycles. The Bertz CT molecular complexity index is 2240. The SMILES string of the molecule is CCCCCOc1ccc(-c2nc(C)c(C(=O)C[C@@H](CCN)C(=O)N(C)[C@@H]3C(=O)C[C@@H](C)C(=O)N[C@H](C(=O)O)Cc4ccc(O)c(c4)-c4cc3ccc4OCCN)c(C)n2)cc1. The summed E-state index contributed by atoms with van der Waals surface area (Å²) in [6.07, 6.45) is 2.59. The van der Waals surface area contributed by atoms with Crippen LogP contribution in [0.3, 0.4) is 0 Å². The molecule has 2 amide bonds. The third kappa shape index (κ3) is 11.4. The molecule has 0 fully saturated rings. The number of likely N-dealkylation sites (N-methyl/N-ethyl adjacent to an activating group) is 1. The zero-order valence-corrected chi connectivity index (χ0v) is 36.1. The van der Waals surface area contributed by atoms with E-state index < -0.39 is 47.5 Å². The average molecular weight is 851 g/mol. The number of benzene rings is 3. The van der Waals surface area contributed by atoms with Gasteiger partial charge >= 0.3 is 5.97 Å². The largest absolute Gasteiger partial charge is 0.507 e. The normalized spacial score (nSPS) is 17.0. The number of aromatic hydroxyl groups is 1. The number of fused-ring (bicyclic) bond motifs is 5. The van der Waals surface area contributed by atoms with Crippen LogP contribution in [0.15, 0.2) is 60.7 Å². The molecule has 0 saturated heterocycles. The van der Waals surface area contributed by atoms with E-state index in [1.807, 2.05) is 24.3 Å². The maximum absolute atomic E-state index is 14.6. The van der Waals surface area contributed by atoms with Gasteiger partial charge in [0.1, 0.15) is 35.9 Å². The molecule has 0 unspecified atom stereocenters. The van der Waals surface area contributed by atoms with E-state index in [2.05, 4.69) is 22.2 Å². The van der Waals surface area contributed by atoms with Gasteiger partial charge in [0.15, 0.2) is 17.4 Å². The van der Waals surface area contributed by atoms with Gasteiger partial charge < -0.3 is 41.4 Å². The van der Waals surface area contributed by atoms with Crippen LogP contribution in [0, 0.1) is 25.7 Å². The molecule has 0 saturated carbocycles. The molecule has 2 heterocycles. The van der Waals surface area contributed by atoms with E-state index in [9.17, 15) is 34.2 Å². The summed E-state index contributed by atoms with van der Waals surface area (Å²) in [5.74, 6) is -3.93. The number of carboxylic acids is 1. The van der Waals surface area contributed by atoms with Gasteiger partial charge in [-0.2, -0.15) is 0 Å². The number of nitrogens with two attached hydrogens (primary N) is 2. The lowest BCUT2D eigenvalue weighted by molar-refractivity contribution is -0.144. The first-order chi connectivity index (χ1) is 29.7. The average Bonchev–Trinajstić information content (AvgIpc) is 3.24. The van der Waals surface area contributed by atoms with Crippen molar-refractivity contribution in [1.29, 1.82) is 0 Å². The second kappa shape index (κ2) is 21.6. The van der Waals surface area contributed by atoms with Gasteiger partial charge in [-0.05, 0) is 92.9 Å². The van der Waals surface area contributed by atoms with Gasteiger partial charge in [0.25, 0.3) is 0 Å². The molecule has 1 aliphatic heterocycles. The molecule has 4 aromatic rings. The quantitative estimate of drug-likeness (QED) is 0.0653. The van der Waals surface area contributed by atoms with Crippen molar-refractivity contribution >= 4 is 29.4 Å². The Hall–Kier alpha value is -6.19. The topological polar surface area (TPSA) is 237 Å². The van der Waals surface area contributed by atoms with Crippen LogP contribution >= 0.6 is 0 Å². The van der Waals surface area contributed by atoms with Crippen LogP contribution in [0.1, 0.15) is 91.3 Å². The smallest absolute Gasteiger partial charge is 0.326 e. The Labute approximate surface area is 362 Å². The molecule has 0 aliphatic carbocycles. The van der Waals surface area contributed by atoms with Crippen LogP contribution in [0.4, 0.5) is 0 Å². The number of unbranched alkanes of at least 4 members (excludes halogenated alkanes) is 2. The molecule has 0 spiro atoms. The zero-order chi connectivity index (χ0) is 45.1. The second-order valence-electron chi connectivity index (χ2n) is 15.8. The Kier molecular flexibility index (Phi) is 16.3. The Morgan fingerprint density at radius 3 is 2.26 bits per heavy atom. The van der Waals surface area contributed by atoms with Crippen molar-refractivity contribution in [3.05, 3.63) is 88.7 Å². The molecule has 5 rings (SSSR count). The van der Waals surface area contributed by atoms with E-state index in [0.29, 0.717) is 46.3 Å². The van der Waals surface area contributed by atoms with E-state index in [-0.39, 0.29) is 68.0 Å². The van der Waals surface area contributed by atoms with Crippen molar-refractivity contribution in [3.63, 3.8) is 0 Å². The second-order valence-corrected chi connectivity index (χ2v) is 15.8. The lowest BCUT2D eigenvalue weighted by Gasteiger charge is -2.32. The minimum Gasteiger partial charge on any atom is -0.507 e. The number of nitrogens with zero attached hydrogens (tertiary/aromatic N) is 3. The van der Waals surface area contributed by atoms with Gasteiger partial charge in [0.2, 0.25) is 11.8 Å². The minimum atomic E-state index is -1.34. The number of phenols is 1. The predicted octanol–water partition coefficient (Wildman–Crippen LogP) is 5.50. The maximum Gasteiger partial charge on any atom is 0.326 e. The molecule has 4 atom stereocenters. The number of carboxylic acid groups (broad SMARTS) is 1. The van der Waals surface area contributed by atoms with Crippen molar-refractivity contribution in [2.24, 2.45) is 23.3 Å². The van der Waals surface area contributed by atoms with E-state index in [1.54, 1.807) is 44.2 Å². The molecule has 7 N–H and O–H groups in total. The summed E-state index contributed by atoms with van der Waals surface area (Å²) in [5.41, 5.74) is 15.2. The van der Waals surface area contributed by atoms with E-state index >= 15 is 0 Å². The number of phenolic OH excluding ortho intramolecular Hbond substituents is 1. The highest BCUT2D eigenvalue weighted by atomic mass is 16.5. The lowest BCUT2D eigenvalue weighted by atomic mass is 9.88. The Morgan fingerprint density at radius 1 is 0.903 bits per heavy atom. The molecule has 1 aromatic heterocycles. The third-order valence-electron chi connectivity index (χ3n) is 11.1. The highest BCUT2D eigenvalue weighted by molar-refractivity contribution is 6.01. The van der Waals surface area contributed by atoms with Crippen molar-refractivity contribution in [1.82, 2.24) is 20.2 Å². The molecule has 15 heteroatoms. The van der Waals surface area contributed by atoms with Crippen molar-refractivity contribution < 1.29 is 43.7 Å². The standard InChI is InChI=1S/C47H58N6O9/c1-6-7-8-20-61-34-13-10-31(11-14-34)44-50-28(3)42(29(4)51-44)39(55)26-33(17-18-48)46(58)53(5)43-32-12-16-41(62-21-19-49)36(25-32)35-23-30(9-15-38(35)54)24-37(47(59)60)52-45(57)27(2)22-40(43)56/h9-16,23,25,27,33,37,43,54H,6-8,17-22,24,26,48-49H2,1-5H3,(H,52,57)(H,59,60)/t27-,33-,37+,43+/m1/s1. The number of Topliss-reactive ketones (excluding diaryl/α,β-unsaturated/α-hetero) is 2. The van der Waals surface area contributed by atoms with Gasteiger partial charge in [0.05, 0.1) is 23.6 Å². The molecule has 330 valence electrons. The van der Waals surface area contributed by atoms with E-state index in [4.69, 9.17) is 20.9 Å². The summed E-state index contributed by atoms with van der Waals surface area (Å²) in [7, 11) is 1.46. The molecule has 1 aliphatic rings. The number of ether oxygens (including phenoxy) is 2. The fourth-order valence-corrected chi connectivity index (χ4v) is 7.78. The number of aryl methyl sites for hydroxylation is 2. The van der Waals surface area contributed by atoms with Crippen molar-refractivity contribution in [2.75, 3.05) is 33.4 Å². The third-order valence-corrected chi connectivity index (χ3v) is 11.1. The predicted molar refractivity (Wildman–Crippen MR) is 234 cm³/mol. The summed E-state index contributed by atoms with van der Waals surface area (Å²) in [6.45, 7) is 8.10. The number of amides is 2. The number of hydrogen-bond acceptors (Lipinski definition) is 12. The highest BCUT2D eigenvalue weighted by Gasteiger charge is 2.36. The molecule has 62 heavy (non-hydrogen) atoms. The molecule has 15 nitrogen and oxygen atoms in total. The van der Waals surface area contributed by atoms with E-state index in [1.165, 1.54) is 24.9 Å². The van der Waals surface area contributed by atoms with Crippen LogP contribution < -0.4 is 26.3 Å². The Morgan fingerprint density at radius 2 is 1.61 bits per heavy atom. The highest BCUT2D eigenvalue weighted by Crippen LogP contribution is 2.40. The van der Waals surface area contributed by atoms with E-state index in [0.717, 1.165) is 30.6 Å². The number of hydrogen-bond donors (Lipinski definition) is 5. The first kappa shape index (κ1) is 46.9. The van der Waals surface area contributed by atoms with Gasteiger partial charge in [-0.15, -0.1) is 0 Å². The number of rotatable bonds is 17. The number of nitrogens with one attached hydrogen (secondary N) is 1. The number of carbonyl (C=O) groups is 5. The van der Waals surface area contributed by atoms with Gasteiger partial charge in [-0.3, -0.25) is 19.2 Å². The van der Waals surface area contributed by atoms with Crippen LogP contribution in [-0.2, 0) is 25.6 Å². The van der Waals surface area contributed by atoms with Crippen molar-refractivity contribution in [2.45, 2.75) is 84.7 Å². The first-order valence-corrected chi connectivity index (χ1v) is 21.1.